The summed E-state index contributed by atoms with van der Waals surface area (Å²) in [5.41, 5.74) is 2.90. The van der Waals surface area contributed by atoms with Crippen molar-refractivity contribution in [2.45, 2.75) is 38.3 Å². The molecule has 4 aromatic rings. The predicted molar refractivity (Wildman–Crippen MR) is 128 cm³/mol. The molecule has 5 rings (SSSR count). The molecule has 0 bridgehead atoms. The number of hydrogen-bond acceptors (Lipinski definition) is 5. The molecule has 0 N–H and O–H groups in total. The van der Waals surface area contributed by atoms with E-state index in [1.54, 1.807) is 37.5 Å². The molecule has 0 amide bonds. The highest BCUT2D eigenvalue weighted by Gasteiger charge is 2.46. The first-order chi connectivity index (χ1) is 16.2. The summed E-state index contributed by atoms with van der Waals surface area (Å²) in [6, 6.07) is 8.14. The molecule has 34 heavy (non-hydrogen) atoms. The van der Waals surface area contributed by atoms with Gasteiger partial charge in [0, 0.05) is 36.8 Å². The molecule has 1 atom stereocenters. The second-order valence-corrected chi connectivity index (χ2v) is 9.29. The first-order valence-corrected chi connectivity index (χ1v) is 11.3. The number of aromatic nitrogens is 4. The van der Waals surface area contributed by atoms with Crippen molar-refractivity contribution in [3.8, 4) is 17.0 Å². The number of ether oxygens (including phenoxy) is 1. The maximum absolute atomic E-state index is 15.1. The lowest BCUT2D eigenvalue weighted by molar-refractivity contribution is -0.0977. The van der Waals surface area contributed by atoms with E-state index >= 15 is 8.78 Å². The molecule has 1 aromatic carbocycles. The standard InChI is InChI=1S/C25H27F2N5O2/c1-15(2)34-22-8-6-17(12-29-22)16-5-7-19-18(11-16)23-20(13-28-19)31(4)24(33)32(23)21-9-10-30(3)14-25(21,26)27/h5-8,11-13,15,21H,9-10,14H2,1-4H3/t21-/m0/s1. The Labute approximate surface area is 195 Å². The molecule has 7 nitrogen and oxygen atoms in total. The van der Waals surface area contributed by atoms with E-state index in [2.05, 4.69) is 9.97 Å². The maximum atomic E-state index is 15.1. The Balaban J connectivity index is 1.69. The molecule has 1 saturated heterocycles. The zero-order chi connectivity index (χ0) is 24.2. The van der Waals surface area contributed by atoms with E-state index in [1.165, 1.54) is 9.13 Å². The van der Waals surface area contributed by atoms with Gasteiger partial charge in [-0.2, -0.15) is 0 Å². The van der Waals surface area contributed by atoms with Crippen molar-refractivity contribution >= 4 is 21.9 Å². The highest BCUT2D eigenvalue weighted by molar-refractivity contribution is 6.04. The highest BCUT2D eigenvalue weighted by Crippen LogP contribution is 2.39. The molecule has 1 aliphatic rings. The third kappa shape index (κ3) is 3.73. The van der Waals surface area contributed by atoms with Crippen LogP contribution in [-0.2, 0) is 7.05 Å². The number of piperidine rings is 1. The first kappa shape index (κ1) is 22.5. The van der Waals surface area contributed by atoms with Gasteiger partial charge >= 0.3 is 5.69 Å². The van der Waals surface area contributed by atoms with Crippen molar-refractivity contribution in [3.63, 3.8) is 0 Å². The number of pyridine rings is 2. The second kappa shape index (κ2) is 8.16. The minimum atomic E-state index is -3.03. The van der Waals surface area contributed by atoms with Crippen LogP contribution in [0.4, 0.5) is 8.78 Å². The largest absolute Gasteiger partial charge is 0.475 e. The molecular weight excluding hydrogens is 440 g/mol. The summed E-state index contributed by atoms with van der Waals surface area (Å²) in [7, 11) is 3.27. The number of imidazole rings is 1. The number of likely N-dealkylation sites (tertiary alicyclic amines) is 1. The van der Waals surface area contributed by atoms with Gasteiger partial charge in [-0.25, -0.2) is 18.6 Å². The molecule has 4 heterocycles. The SMILES string of the molecule is CC(C)Oc1ccc(-c2ccc3ncc4c(c3c2)n([C@H]2CCN(C)CC2(F)F)c(=O)n4C)cn1. The molecular formula is C25H27F2N5O2. The zero-order valence-electron chi connectivity index (χ0n) is 19.6. The lowest BCUT2D eigenvalue weighted by Crippen LogP contribution is -2.49. The van der Waals surface area contributed by atoms with Gasteiger partial charge in [-0.05, 0) is 51.1 Å². The Morgan fingerprint density at radius 2 is 1.85 bits per heavy atom. The normalized spacial score (nSPS) is 18.7. The summed E-state index contributed by atoms with van der Waals surface area (Å²) < 4.78 is 38.6. The van der Waals surface area contributed by atoms with Gasteiger partial charge in [-0.15, -0.1) is 0 Å². The lowest BCUT2D eigenvalue weighted by Gasteiger charge is -2.37. The minimum absolute atomic E-state index is 0.0193. The van der Waals surface area contributed by atoms with E-state index in [0.717, 1.165) is 11.1 Å². The Bertz CT molecular complexity index is 1430. The summed E-state index contributed by atoms with van der Waals surface area (Å²) in [5, 5.41) is 0.657. The number of aryl methyl sites for hydroxylation is 1. The van der Waals surface area contributed by atoms with Crippen LogP contribution in [0.3, 0.4) is 0 Å². The van der Waals surface area contributed by atoms with E-state index in [4.69, 9.17) is 4.74 Å². The van der Waals surface area contributed by atoms with Gasteiger partial charge in [0.05, 0.1) is 35.4 Å². The van der Waals surface area contributed by atoms with E-state index in [-0.39, 0.29) is 19.1 Å². The molecule has 9 heteroatoms. The number of fused-ring (bicyclic) bond motifs is 3. The Morgan fingerprint density at radius 3 is 2.53 bits per heavy atom. The summed E-state index contributed by atoms with van der Waals surface area (Å²) in [6.45, 7) is 3.98. The minimum Gasteiger partial charge on any atom is -0.475 e. The molecule has 178 valence electrons. The topological polar surface area (TPSA) is 65.2 Å². The van der Waals surface area contributed by atoms with Crippen molar-refractivity contribution < 1.29 is 13.5 Å². The predicted octanol–water partition coefficient (Wildman–Crippen LogP) is 4.25. The lowest BCUT2D eigenvalue weighted by atomic mass is 10.00. The van der Waals surface area contributed by atoms with E-state index < -0.39 is 17.7 Å². The maximum Gasteiger partial charge on any atom is 0.329 e. The summed E-state index contributed by atoms with van der Waals surface area (Å²) in [5.74, 6) is -2.50. The number of nitrogens with zero attached hydrogens (tertiary/aromatic N) is 5. The van der Waals surface area contributed by atoms with E-state index in [0.29, 0.717) is 34.4 Å². The van der Waals surface area contributed by atoms with Crippen LogP contribution in [0.15, 0.2) is 47.5 Å². The van der Waals surface area contributed by atoms with Crippen LogP contribution in [-0.4, -0.2) is 56.2 Å². The first-order valence-electron chi connectivity index (χ1n) is 11.3. The summed E-state index contributed by atoms with van der Waals surface area (Å²) >= 11 is 0. The molecule has 0 radical (unpaired) electrons. The van der Waals surface area contributed by atoms with Gasteiger partial charge < -0.3 is 9.64 Å². The average Bonchev–Trinajstić information content (AvgIpc) is 3.03. The van der Waals surface area contributed by atoms with Crippen molar-refractivity contribution in [1.29, 1.82) is 0 Å². The van der Waals surface area contributed by atoms with Gasteiger partial charge in [0.15, 0.2) is 0 Å². The fourth-order valence-electron chi connectivity index (χ4n) is 4.77. The number of benzene rings is 1. The number of halogens is 2. The Hall–Kier alpha value is -3.33. The number of alkyl halides is 2. The quantitative estimate of drug-likeness (QED) is 0.449. The van der Waals surface area contributed by atoms with E-state index in [1.807, 2.05) is 38.1 Å². The van der Waals surface area contributed by atoms with Gasteiger partial charge in [0.25, 0.3) is 5.92 Å². The van der Waals surface area contributed by atoms with E-state index in [9.17, 15) is 4.79 Å². The Morgan fingerprint density at radius 1 is 1.09 bits per heavy atom. The average molecular weight is 468 g/mol. The zero-order valence-corrected chi connectivity index (χ0v) is 19.6. The van der Waals surface area contributed by atoms with Crippen molar-refractivity contribution in [2.75, 3.05) is 20.1 Å². The molecule has 1 aliphatic heterocycles. The van der Waals surface area contributed by atoms with Crippen molar-refractivity contribution in [2.24, 2.45) is 7.05 Å². The van der Waals surface area contributed by atoms with Gasteiger partial charge in [-0.1, -0.05) is 6.07 Å². The van der Waals surface area contributed by atoms with Crippen molar-refractivity contribution in [1.82, 2.24) is 24.0 Å². The van der Waals surface area contributed by atoms with Gasteiger partial charge in [0.2, 0.25) is 5.88 Å². The second-order valence-electron chi connectivity index (χ2n) is 9.29. The fourth-order valence-corrected chi connectivity index (χ4v) is 4.77. The fraction of sp³-hybridized carbons (Fsp3) is 0.400. The van der Waals surface area contributed by atoms with Crippen molar-refractivity contribution in [3.05, 3.63) is 53.2 Å². The van der Waals surface area contributed by atoms with Gasteiger partial charge in [0.1, 0.15) is 6.04 Å². The third-order valence-electron chi connectivity index (χ3n) is 6.41. The molecule has 0 unspecified atom stereocenters. The molecule has 0 aliphatic carbocycles. The third-order valence-corrected chi connectivity index (χ3v) is 6.41. The molecule has 0 spiro atoms. The summed E-state index contributed by atoms with van der Waals surface area (Å²) in [4.78, 5) is 23.7. The van der Waals surface area contributed by atoms with Gasteiger partial charge in [-0.3, -0.25) is 14.1 Å². The molecule has 0 saturated carbocycles. The highest BCUT2D eigenvalue weighted by atomic mass is 19.3. The molecule has 1 fully saturated rings. The number of rotatable bonds is 4. The van der Waals surface area contributed by atoms with Crippen LogP contribution < -0.4 is 10.4 Å². The smallest absolute Gasteiger partial charge is 0.329 e. The van der Waals surface area contributed by atoms with Crippen LogP contribution >= 0.6 is 0 Å². The molecule has 3 aromatic heterocycles. The van der Waals surface area contributed by atoms with Crippen LogP contribution in [0.25, 0.3) is 33.1 Å². The summed E-state index contributed by atoms with van der Waals surface area (Å²) in [6.07, 6.45) is 3.51. The Kier molecular flexibility index (Phi) is 5.39. The number of hydrogen-bond donors (Lipinski definition) is 0. The monoisotopic (exact) mass is 467 g/mol. The van der Waals surface area contributed by atoms with Crippen LogP contribution in [0.2, 0.25) is 0 Å². The van der Waals surface area contributed by atoms with Crippen LogP contribution in [0.1, 0.15) is 26.3 Å². The van der Waals surface area contributed by atoms with Crippen LogP contribution in [0.5, 0.6) is 5.88 Å². The van der Waals surface area contributed by atoms with Crippen LogP contribution in [0, 0.1) is 0 Å².